The molecule has 148 valence electrons. The molecule has 7 heteroatoms. The Kier molecular flexibility index (Phi) is 5.67. The van der Waals surface area contributed by atoms with E-state index in [1.807, 2.05) is 49.4 Å². The highest BCUT2D eigenvalue weighted by molar-refractivity contribution is 6.03. The number of nitrogens with one attached hydrogen (secondary N) is 2. The number of rotatable bonds is 5. The summed E-state index contributed by atoms with van der Waals surface area (Å²) in [5.41, 5.74) is 4.06. The lowest BCUT2D eigenvalue weighted by molar-refractivity contribution is 0.102. The second-order valence-electron chi connectivity index (χ2n) is 6.81. The van der Waals surface area contributed by atoms with Gasteiger partial charge in [-0.3, -0.25) is 4.79 Å². The number of carbonyl (C=O) groups is 1. The van der Waals surface area contributed by atoms with E-state index in [0.717, 1.165) is 48.9 Å². The summed E-state index contributed by atoms with van der Waals surface area (Å²) in [5.74, 6) is 0.296. The summed E-state index contributed by atoms with van der Waals surface area (Å²) in [4.78, 5) is 14.7. The molecular weight excluding hydrogens is 366 g/mol. The van der Waals surface area contributed by atoms with Crippen LogP contribution in [0.5, 0.6) is 0 Å². The van der Waals surface area contributed by atoms with Crippen LogP contribution in [0.1, 0.15) is 16.1 Å². The summed E-state index contributed by atoms with van der Waals surface area (Å²) >= 11 is 0. The molecule has 2 aromatic carbocycles. The topological polar surface area (TPSA) is 79.4 Å². The number of ether oxygens (including phenoxy) is 1. The van der Waals surface area contributed by atoms with Crippen LogP contribution < -0.4 is 15.5 Å². The SMILES string of the molecule is Cc1ccccc1NC(=O)c1ccc(Nc2ccccc2N2CCOCC2)nn1. The fourth-order valence-electron chi connectivity index (χ4n) is 3.22. The van der Waals surface area contributed by atoms with E-state index >= 15 is 0 Å². The van der Waals surface area contributed by atoms with Gasteiger partial charge in [-0.2, -0.15) is 0 Å². The van der Waals surface area contributed by atoms with Crippen molar-refractivity contribution in [2.24, 2.45) is 0 Å². The molecule has 1 aliphatic rings. The number of para-hydroxylation sites is 3. The van der Waals surface area contributed by atoms with Gasteiger partial charge in [-0.05, 0) is 42.8 Å². The van der Waals surface area contributed by atoms with Gasteiger partial charge in [-0.25, -0.2) is 0 Å². The molecule has 1 fully saturated rings. The number of morpholine rings is 1. The molecule has 7 nitrogen and oxygen atoms in total. The van der Waals surface area contributed by atoms with Crippen LogP contribution in [0.4, 0.5) is 22.9 Å². The highest BCUT2D eigenvalue weighted by Gasteiger charge is 2.15. The van der Waals surface area contributed by atoms with Gasteiger partial charge in [0, 0.05) is 18.8 Å². The number of hydrogen-bond donors (Lipinski definition) is 2. The van der Waals surface area contributed by atoms with E-state index in [1.165, 1.54) is 0 Å². The number of carbonyl (C=O) groups excluding carboxylic acids is 1. The van der Waals surface area contributed by atoms with Gasteiger partial charge in [0.1, 0.15) is 0 Å². The number of aryl methyl sites for hydroxylation is 1. The van der Waals surface area contributed by atoms with Crippen LogP contribution in [0, 0.1) is 6.92 Å². The van der Waals surface area contributed by atoms with Crippen LogP contribution in [-0.2, 0) is 4.74 Å². The molecule has 0 aliphatic carbocycles. The summed E-state index contributed by atoms with van der Waals surface area (Å²) in [6.45, 7) is 5.09. The third kappa shape index (κ3) is 4.52. The molecular formula is C22H23N5O2. The zero-order valence-electron chi connectivity index (χ0n) is 16.3. The molecule has 1 saturated heterocycles. The Balaban J connectivity index is 1.46. The van der Waals surface area contributed by atoms with Crippen LogP contribution >= 0.6 is 0 Å². The fourth-order valence-corrected chi connectivity index (χ4v) is 3.22. The van der Waals surface area contributed by atoms with Gasteiger partial charge in [0.15, 0.2) is 11.5 Å². The average molecular weight is 389 g/mol. The van der Waals surface area contributed by atoms with E-state index in [1.54, 1.807) is 12.1 Å². The van der Waals surface area contributed by atoms with Crippen molar-refractivity contribution in [2.75, 3.05) is 41.8 Å². The maximum atomic E-state index is 12.4. The number of anilines is 4. The van der Waals surface area contributed by atoms with E-state index in [0.29, 0.717) is 5.82 Å². The van der Waals surface area contributed by atoms with Crippen LogP contribution in [0.25, 0.3) is 0 Å². The Hall–Kier alpha value is -3.45. The molecule has 0 atom stereocenters. The Labute approximate surface area is 169 Å². The van der Waals surface area contributed by atoms with E-state index in [2.05, 4.69) is 31.8 Å². The first-order valence-electron chi connectivity index (χ1n) is 9.60. The Morgan fingerprint density at radius 1 is 0.931 bits per heavy atom. The molecule has 0 bridgehead atoms. The molecule has 0 radical (unpaired) electrons. The minimum absolute atomic E-state index is 0.264. The summed E-state index contributed by atoms with van der Waals surface area (Å²) < 4.78 is 5.44. The predicted octanol–water partition coefficient (Wildman–Crippen LogP) is 3.62. The van der Waals surface area contributed by atoms with Crippen LogP contribution in [0.15, 0.2) is 60.7 Å². The number of nitrogens with zero attached hydrogens (tertiary/aromatic N) is 3. The summed E-state index contributed by atoms with van der Waals surface area (Å²) in [6, 6.07) is 19.1. The highest BCUT2D eigenvalue weighted by atomic mass is 16.5. The van der Waals surface area contributed by atoms with Gasteiger partial charge in [0.05, 0.1) is 24.6 Å². The van der Waals surface area contributed by atoms with Crippen molar-refractivity contribution in [3.05, 3.63) is 71.9 Å². The lowest BCUT2D eigenvalue weighted by Gasteiger charge is -2.30. The third-order valence-corrected chi connectivity index (χ3v) is 4.81. The van der Waals surface area contributed by atoms with Gasteiger partial charge >= 0.3 is 0 Å². The monoisotopic (exact) mass is 389 g/mol. The molecule has 2 heterocycles. The van der Waals surface area contributed by atoms with Crippen molar-refractivity contribution < 1.29 is 9.53 Å². The average Bonchev–Trinajstić information content (AvgIpc) is 2.77. The summed E-state index contributed by atoms with van der Waals surface area (Å²) in [5, 5.41) is 14.4. The predicted molar refractivity (Wildman–Crippen MR) is 114 cm³/mol. The largest absolute Gasteiger partial charge is 0.378 e. The first kappa shape index (κ1) is 18.9. The molecule has 1 aromatic heterocycles. The van der Waals surface area contributed by atoms with Crippen LogP contribution in [0.2, 0.25) is 0 Å². The number of hydrogen-bond acceptors (Lipinski definition) is 6. The normalized spacial score (nSPS) is 13.8. The fraction of sp³-hybridized carbons (Fsp3) is 0.227. The van der Waals surface area contributed by atoms with Crippen molar-refractivity contribution in [1.29, 1.82) is 0 Å². The maximum absolute atomic E-state index is 12.4. The van der Waals surface area contributed by atoms with Crippen molar-refractivity contribution in [3.8, 4) is 0 Å². The standard InChI is InChI=1S/C22H23N5O2/c1-16-6-2-3-7-17(16)24-22(28)19-10-11-21(26-25-19)23-18-8-4-5-9-20(18)27-12-14-29-15-13-27/h2-11H,12-15H2,1H3,(H,23,26)(H,24,28). The lowest BCUT2D eigenvalue weighted by Crippen LogP contribution is -2.36. The van der Waals surface area contributed by atoms with Gasteiger partial charge in [-0.15, -0.1) is 10.2 Å². The molecule has 4 rings (SSSR count). The molecule has 3 aromatic rings. The quantitative estimate of drug-likeness (QED) is 0.694. The Morgan fingerprint density at radius 3 is 2.38 bits per heavy atom. The van der Waals surface area contributed by atoms with Gasteiger partial charge in [-0.1, -0.05) is 30.3 Å². The smallest absolute Gasteiger partial charge is 0.276 e. The zero-order valence-corrected chi connectivity index (χ0v) is 16.3. The van der Waals surface area contributed by atoms with Crippen LogP contribution in [0.3, 0.4) is 0 Å². The number of benzene rings is 2. The van der Waals surface area contributed by atoms with Crippen molar-refractivity contribution >= 4 is 28.8 Å². The minimum Gasteiger partial charge on any atom is -0.378 e. The Morgan fingerprint density at radius 2 is 1.66 bits per heavy atom. The highest BCUT2D eigenvalue weighted by Crippen LogP contribution is 2.28. The van der Waals surface area contributed by atoms with Gasteiger partial charge < -0.3 is 20.3 Å². The Bertz CT molecular complexity index is 985. The van der Waals surface area contributed by atoms with Crippen molar-refractivity contribution in [2.45, 2.75) is 6.92 Å². The number of amides is 1. The van der Waals surface area contributed by atoms with Gasteiger partial charge in [0.2, 0.25) is 0 Å². The number of aromatic nitrogens is 2. The molecule has 29 heavy (non-hydrogen) atoms. The summed E-state index contributed by atoms with van der Waals surface area (Å²) in [6.07, 6.45) is 0. The van der Waals surface area contributed by atoms with Gasteiger partial charge in [0.25, 0.3) is 5.91 Å². The van der Waals surface area contributed by atoms with Crippen molar-refractivity contribution in [3.63, 3.8) is 0 Å². The summed E-state index contributed by atoms with van der Waals surface area (Å²) in [7, 11) is 0. The first-order valence-corrected chi connectivity index (χ1v) is 9.60. The van der Waals surface area contributed by atoms with E-state index < -0.39 is 0 Å². The maximum Gasteiger partial charge on any atom is 0.276 e. The third-order valence-electron chi connectivity index (χ3n) is 4.81. The molecule has 0 saturated carbocycles. The zero-order chi connectivity index (χ0) is 20.1. The van der Waals surface area contributed by atoms with Crippen LogP contribution in [-0.4, -0.2) is 42.4 Å². The van der Waals surface area contributed by atoms with E-state index in [4.69, 9.17) is 4.74 Å². The van der Waals surface area contributed by atoms with E-state index in [-0.39, 0.29) is 11.6 Å². The first-order chi connectivity index (χ1) is 14.2. The second kappa shape index (κ2) is 8.70. The lowest BCUT2D eigenvalue weighted by atomic mass is 10.2. The molecule has 0 unspecified atom stereocenters. The molecule has 1 aliphatic heterocycles. The minimum atomic E-state index is -0.285. The molecule has 0 spiro atoms. The molecule has 1 amide bonds. The van der Waals surface area contributed by atoms with E-state index in [9.17, 15) is 4.79 Å². The van der Waals surface area contributed by atoms with Crippen molar-refractivity contribution in [1.82, 2.24) is 10.2 Å². The molecule has 2 N–H and O–H groups in total. The second-order valence-corrected chi connectivity index (χ2v) is 6.81.